The van der Waals surface area contributed by atoms with E-state index in [9.17, 15) is 19.2 Å². The smallest absolute Gasteiger partial charge is 0.459 e. The molecule has 0 aliphatic carbocycles. The van der Waals surface area contributed by atoms with Crippen LogP contribution in [0.4, 0.5) is 0 Å². The standard InChI is InChI=1S/C28H50O8Si/c1-7-8-9-10-11-12-13-14-15-16-17-18-19-20-27(33-28(32)23(2)3)21-22-37(34-24(4)29,35-25(5)30)36-26(6)31/h27H,2,7-22H2,1,3-6H3. The van der Waals surface area contributed by atoms with Crippen molar-refractivity contribution in [2.75, 3.05) is 0 Å². The summed E-state index contributed by atoms with van der Waals surface area (Å²) in [5.74, 6) is -2.68. The minimum absolute atomic E-state index is 0.0294. The Morgan fingerprint density at radius 1 is 0.622 bits per heavy atom. The summed E-state index contributed by atoms with van der Waals surface area (Å²) < 4.78 is 21.3. The van der Waals surface area contributed by atoms with Crippen LogP contribution in [0.2, 0.25) is 6.04 Å². The van der Waals surface area contributed by atoms with Gasteiger partial charge in [-0.15, -0.1) is 0 Å². The van der Waals surface area contributed by atoms with Gasteiger partial charge in [0.05, 0.1) is 6.04 Å². The van der Waals surface area contributed by atoms with E-state index in [0.29, 0.717) is 6.42 Å². The molecule has 0 heterocycles. The van der Waals surface area contributed by atoms with E-state index >= 15 is 0 Å². The fourth-order valence-corrected chi connectivity index (χ4v) is 6.53. The van der Waals surface area contributed by atoms with Crippen LogP contribution in [0.15, 0.2) is 12.2 Å². The van der Waals surface area contributed by atoms with Crippen LogP contribution < -0.4 is 0 Å². The molecule has 0 aromatic heterocycles. The number of carbonyl (C=O) groups excluding carboxylic acids is 4. The Kier molecular flexibility index (Phi) is 19.6. The van der Waals surface area contributed by atoms with E-state index in [0.717, 1.165) is 40.0 Å². The van der Waals surface area contributed by atoms with Crippen molar-refractivity contribution in [3.63, 3.8) is 0 Å². The van der Waals surface area contributed by atoms with Crippen molar-refractivity contribution in [1.82, 2.24) is 0 Å². The van der Waals surface area contributed by atoms with Crippen LogP contribution >= 0.6 is 0 Å². The highest BCUT2D eigenvalue weighted by Crippen LogP contribution is 2.24. The SMILES string of the molecule is C=C(C)C(=O)OC(CCCCCCCCCCCCCCC)CC[Si](OC(C)=O)(OC(C)=O)OC(C)=O. The molecule has 0 saturated carbocycles. The van der Waals surface area contributed by atoms with Crippen molar-refractivity contribution in [2.24, 2.45) is 0 Å². The Bertz CT molecular complexity index is 666. The topological polar surface area (TPSA) is 105 Å². The molecule has 0 aliphatic heterocycles. The first-order chi connectivity index (χ1) is 17.5. The highest BCUT2D eigenvalue weighted by Gasteiger charge is 2.52. The molecular weight excluding hydrogens is 492 g/mol. The molecule has 0 amide bonds. The van der Waals surface area contributed by atoms with E-state index in [2.05, 4.69) is 13.5 Å². The molecule has 0 aliphatic rings. The van der Waals surface area contributed by atoms with Gasteiger partial charge in [0.25, 0.3) is 17.9 Å². The third-order valence-electron chi connectivity index (χ3n) is 5.92. The molecule has 1 unspecified atom stereocenters. The average Bonchev–Trinajstić information content (AvgIpc) is 2.78. The molecule has 0 bridgehead atoms. The lowest BCUT2D eigenvalue weighted by molar-refractivity contribution is -0.150. The molecule has 214 valence electrons. The van der Waals surface area contributed by atoms with Gasteiger partial charge >= 0.3 is 14.8 Å². The number of esters is 1. The van der Waals surface area contributed by atoms with Gasteiger partial charge in [0.15, 0.2) is 0 Å². The molecule has 0 aromatic carbocycles. The number of unbranched alkanes of at least 4 members (excludes halogenated alkanes) is 12. The van der Waals surface area contributed by atoms with Crippen molar-refractivity contribution in [3.8, 4) is 0 Å². The molecule has 0 N–H and O–H groups in total. The molecule has 1 atom stereocenters. The van der Waals surface area contributed by atoms with E-state index < -0.39 is 38.8 Å². The Morgan fingerprint density at radius 3 is 1.35 bits per heavy atom. The first kappa shape index (κ1) is 34.8. The summed E-state index contributed by atoms with van der Waals surface area (Å²) in [5, 5.41) is 0. The van der Waals surface area contributed by atoms with Crippen LogP contribution in [0.3, 0.4) is 0 Å². The minimum Gasteiger partial charge on any atom is -0.459 e. The Labute approximate surface area is 225 Å². The quantitative estimate of drug-likeness (QED) is 0.0625. The first-order valence-electron chi connectivity index (χ1n) is 14.0. The summed E-state index contributed by atoms with van der Waals surface area (Å²) in [6.45, 7) is 10.9. The maximum atomic E-state index is 12.2. The molecule has 0 spiro atoms. The van der Waals surface area contributed by atoms with Gasteiger partial charge in [-0.05, 0) is 26.2 Å². The van der Waals surface area contributed by atoms with Crippen molar-refractivity contribution >= 4 is 32.7 Å². The Morgan fingerprint density at radius 2 is 1.00 bits per heavy atom. The van der Waals surface area contributed by atoms with Gasteiger partial charge in [-0.3, -0.25) is 14.4 Å². The summed E-state index contributed by atoms with van der Waals surface area (Å²) in [6.07, 6.45) is 16.3. The Balaban J connectivity index is 4.68. The van der Waals surface area contributed by atoms with Gasteiger partial charge in [0.1, 0.15) is 6.10 Å². The third-order valence-corrected chi connectivity index (χ3v) is 8.62. The first-order valence-corrected chi connectivity index (χ1v) is 15.9. The van der Waals surface area contributed by atoms with Gasteiger partial charge in [-0.1, -0.05) is 90.6 Å². The van der Waals surface area contributed by atoms with Gasteiger partial charge < -0.3 is 18.0 Å². The zero-order chi connectivity index (χ0) is 28.1. The van der Waals surface area contributed by atoms with E-state index in [-0.39, 0.29) is 18.0 Å². The predicted molar refractivity (Wildman–Crippen MR) is 145 cm³/mol. The Hall–Kier alpha value is -2.16. The van der Waals surface area contributed by atoms with Crippen LogP contribution in [0.25, 0.3) is 0 Å². The molecular formula is C28H50O8Si. The second-order valence-corrected chi connectivity index (χ2v) is 12.3. The largest absolute Gasteiger partial charge is 0.705 e. The van der Waals surface area contributed by atoms with E-state index in [1.807, 2.05) is 0 Å². The number of ether oxygens (including phenoxy) is 1. The molecule has 0 fully saturated rings. The lowest BCUT2D eigenvalue weighted by Crippen LogP contribution is -2.49. The maximum absolute atomic E-state index is 12.2. The molecule has 37 heavy (non-hydrogen) atoms. The van der Waals surface area contributed by atoms with E-state index in [1.165, 1.54) is 64.2 Å². The second kappa shape index (κ2) is 20.8. The lowest BCUT2D eigenvalue weighted by atomic mass is 10.0. The summed E-state index contributed by atoms with van der Waals surface area (Å²) in [6, 6.07) is -0.0294. The number of rotatable bonds is 22. The van der Waals surface area contributed by atoms with Crippen LogP contribution in [0.5, 0.6) is 0 Å². The zero-order valence-corrected chi connectivity index (χ0v) is 24.9. The fourth-order valence-electron chi connectivity index (χ4n) is 4.11. The molecule has 9 heteroatoms. The van der Waals surface area contributed by atoms with Gasteiger partial charge in [0, 0.05) is 26.3 Å². The van der Waals surface area contributed by atoms with Crippen LogP contribution in [0.1, 0.15) is 131 Å². The lowest BCUT2D eigenvalue weighted by Gasteiger charge is -2.27. The maximum Gasteiger partial charge on any atom is 0.705 e. The highest BCUT2D eigenvalue weighted by molar-refractivity contribution is 6.65. The summed E-state index contributed by atoms with van der Waals surface area (Å²) >= 11 is 0. The number of hydrogen-bond acceptors (Lipinski definition) is 8. The van der Waals surface area contributed by atoms with Crippen LogP contribution in [0, 0.1) is 0 Å². The summed E-state index contributed by atoms with van der Waals surface area (Å²) in [5.41, 5.74) is 0.277. The fraction of sp³-hybridized carbons (Fsp3) is 0.786. The second-order valence-electron chi connectivity index (χ2n) is 9.84. The van der Waals surface area contributed by atoms with Crippen LogP contribution in [-0.4, -0.2) is 38.8 Å². The predicted octanol–water partition coefficient (Wildman–Crippen LogP) is 6.97. The van der Waals surface area contributed by atoms with Crippen LogP contribution in [-0.2, 0) is 37.2 Å². The third kappa shape index (κ3) is 19.6. The number of hydrogen-bond donors (Lipinski definition) is 0. The van der Waals surface area contributed by atoms with Gasteiger partial charge in [0.2, 0.25) is 0 Å². The van der Waals surface area contributed by atoms with Crippen molar-refractivity contribution < 1.29 is 37.2 Å². The average molecular weight is 543 g/mol. The molecule has 0 aromatic rings. The van der Waals surface area contributed by atoms with Gasteiger partial charge in [-0.25, -0.2) is 4.79 Å². The monoisotopic (exact) mass is 542 g/mol. The van der Waals surface area contributed by atoms with E-state index in [4.69, 9.17) is 18.0 Å². The molecule has 0 saturated heterocycles. The van der Waals surface area contributed by atoms with Crippen molar-refractivity contribution in [2.45, 2.75) is 143 Å². The molecule has 0 rings (SSSR count). The molecule has 8 nitrogen and oxygen atoms in total. The highest BCUT2D eigenvalue weighted by atomic mass is 28.4. The molecule has 0 radical (unpaired) electrons. The zero-order valence-electron chi connectivity index (χ0n) is 23.9. The number of carbonyl (C=O) groups is 4. The summed E-state index contributed by atoms with van der Waals surface area (Å²) in [4.78, 5) is 47.2. The van der Waals surface area contributed by atoms with Gasteiger partial charge in [-0.2, -0.15) is 0 Å². The normalized spacial score (nSPS) is 11.9. The van der Waals surface area contributed by atoms with E-state index in [1.54, 1.807) is 6.92 Å². The van der Waals surface area contributed by atoms with Crippen molar-refractivity contribution in [1.29, 1.82) is 0 Å². The van der Waals surface area contributed by atoms with Crippen molar-refractivity contribution in [3.05, 3.63) is 12.2 Å². The minimum atomic E-state index is -3.97. The summed E-state index contributed by atoms with van der Waals surface area (Å²) in [7, 11) is -3.97.